The predicted octanol–water partition coefficient (Wildman–Crippen LogP) is 4.46. The molecule has 2 rings (SSSR count). The van der Waals surface area contributed by atoms with Gasteiger partial charge in [0.15, 0.2) is 0 Å². The molecule has 1 heterocycles. The average molecular weight is 328 g/mol. The lowest BCUT2D eigenvalue weighted by Gasteiger charge is -2.15. The third kappa shape index (κ3) is 2.99. The van der Waals surface area contributed by atoms with Crippen LogP contribution in [-0.4, -0.2) is 7.05 Å². The lowest BCUT2D eigenvalue weighted by atomic mass is 10.0. The third-order valence-corrected chi connectivity index (χ3v) is 5.20. The van der Waals surface area contributed by atoms with E-state index in [-0.39, 0.29) is 11.9 Å². The molecule has 0 aliphatic rings. The van der Waals surface area contributed by atoms with Crippen LogP contribution in [0.5, 0.6) is 0 Å². The number of benzene rings is 1. The van der Waals surface area contributed by atoms with Crippen molar-refractivity contribution < 1.29 is 4.39 Å². The van der Waals surface area contributed by atoms with E-state index >= 15 is 0 Å². The molecule has 0 bridgehead atoms. The molecule has 1 nitrogen and oxygen atoms in total. The van der Waals surface area contributed by atoms with E-state index in [1.165, 1.54) is 15.8 Å². The van der Waals surface area contributed by atoms with Crippen LogP contribution < -0.4 is 5.32 Å². The van der Waals surface area contributed by atoms with Gasteiger partial charge in [-0.3, -0.25) is 0 Å². The Kier molecular flexibility index (Phi) is 4.54. The van der Waals surface area contributed by atoms with E-state index in [0.29, 0.717) is 6.42 Å². The van der Waals surface area contributed by atoms with Crippen molar-refractivity contribution in [1.29, 1.82) is 0 Å². The zero-order chi connectivity index (χ0) is 13.1. The maximum Gasteiger partial charge on any atom is 0.126 e. The van der Waals surface area contributed by atoms with Gasteiger partial charge in [-0.15, -0.1) is 11.3 Å². The quantitative estimate of drug-likeness (QED) is 0.874. The van der Waals surface area contributed by atoms with Crippen molar-refractivity contribution in [3.05, 3.63) is 55.9 Å². The van der Waals surface area contributed by atoms with Gasteiger partial charge in [-0.2, -0.15) is 0 Å². The molecule has 1 unspecified atom stereocenters. The smallest absolute Gasteiger partial charge is 0.126 e. The van der Waals surface area contributed by atoms with Crippen LogP contribution in [0.1, 0.15) is 21.4 Å². The Labute approximate surface area is 119 Å². The van der Waals surface area contributed by atoms with Crippen LogP contribution in [0.25, 0.3) is 0 Å². The standard InChI is InChI=1S/C14H15BrFNS/c1-9-11(15)8-14(18-9)13(17-2)7-10-5-3-4-6-12(10)16/h3-6,8,13,17H,7H2,1-2H3. The van der Waals surface area contributed by atoms with Gasteiger partial charge in [0.05, 0.1) is 0 Å². The Morgan fingerprint density at radius 1 is 1.39 bits per heavy atom. The molecule has 0 spiro atoms. The van der Waals surface area contributed by atoms with E-state index in [4.69, 9.17) is 0 Å². The molecule has 0 radical (unpaired) electrons. The van der Waals surface area contributed by atoms with Crippen LogP contribution in [0.4, 0.5) is 4.39 Å². The van der Waals surface area contributed by atoms with Gasteiger partial charge in [0.25, 0.3) is 0 Å². The SMILES string of the molecule is CNC(Cc1ccccc1F)c1cc(Br)c(C)s1. The number of nitrogens with one attached hydrogen (secondary N) is 1. The highest BCUT2D eigenvalue weighted by molar-refractivity contribution is 9.10. The number of aryl methyl sites for hydroxylation is 1. The van der Waals surface area contributed by atoms with Gasteiger partial charge >= 0.3 is 0 Å². The number of thiophene rings is 1. The molecule has 1 atom stereocenters. The van der Waals surface area contributed by atoms with E-state index in [1.54, 1.807) is 17.4 Å². The first-order chi connectivity index (χ1) is 8.61. The molecule has 1 aromatic heterocycles. The minimum absolute atomic E-state index is 0.134. The van der Waals surface area contributed by atoms with Gasteiger partial charge < -0.3 is 5.32 Å². The number of hydrogen-bond acceptors (Lipinski definition) is 2. The Hall–Kier alpha value is -0.710. The van der Waals surface area contributed by atoms with E-state index in [0.717, 1.165) is 10.0 Å². The summed E-state index contributed by atoms with van der Waals surface area (Å²) in [5.74, 6) is -0.134. The van der Waals surface area contributed by atoms with Crippen LogP contribution in [0.15, 0.2) is 34.8 Å². The van der Waals surface area contributed by atoms with Crippen molar-refractivity contribution in [3.63, 3.8) is 0 Å². The molecule has 1 N–H and O–H groups in total. The summed E-state index contributed by atoms with van der Waals surface area (Å²) in [5.41, 5.74) is 0.749. The van der Waals surface area contributed by atoms with Crippen molar-refractivity contribution in [1.82, 2.24) is 5.32 Å². The maximum atomic E-state index is 13.7. The van der Waals surface area contributed by atoms with Crippen molar-refractivity contribution in [3.8, 4) is 0 Å². The van der Waals surface area contributed by atoms with Crippen LogP contribution >= 0.6 is 27.3 Å². The molecule has 2 aromatic rings. The first-order valence-electron chi connectivity index (χ1n) is 5.78. The topological polar surface area (TPSA) is 12.0 Å². The minimum Gasteiger partial charge on any atom is -0.312 e. The first-order valence-corrected chi connectivity index (χ1v) is 7.39. The summed E-state index contributed by atoms with van der Waals surface area (Å²) in [6.45, 7) is 2.08. The zero-order valence-corrected chi connectivity index (χ0v) is 12.7. The van der Waals surface area contributed by atoms with Crippen LogP contribution in [-0.2, 0) is 6.42 Å². The second-order valence-corrected chi connectivity index (χ2v) is 6.33. The summed E-state index contributed by atoms with van der Waals surface area (Å²) in [7, 11) is 1.91. The lowest BCUT2D eigenvalue weighted by Crippen LogP contribution is -2.18. The van der Waals surface area contributed by atoms with E-state index < -0.39 is 0 Å². The molecule has 18 heavy (non-hydrogen) atoms. The summed E-state index contributed by atoms with van der Waals surface area (Å²) in [6.07, 6.45) is 0.662. The number of likely N-dealkylation sites (N-methyl/N-ethyl adjacent to an activating group) is 1. The zero-order valence-electron chi connectivity index (χ0n) is 10.3. The monoisotopic (exact) mass is 327 g/mol. The maximum absolute atomic E-state index is 13.7. The Morgan fingerprint density at radius 2 is 2.11 bits per heavy atom. The molecule has 0 saturated heterocycles. The van der Waals surface area contributed by atoms with Crippen molar-refractivity contribution in [2.75, 3.05) is 7.05 Å². The van der Waals surface area contributed by atoms with E-state index in [9.17, 15) is 4.39 Å². The highest BCUT2D eigenvalue weighted by Crippen LogP contribution is 2.32. The summed E-state index contributed by atoms with van der Waals surface area (Å²) in [6, 6.07) is 9.21. The molecule has 1 aromatic carbocycles. The predicted molar refractivity (Wildman–Crippen MR) is 78.7 cm³/mol. The fourth-order valence-corrected chi connectivity index (χ4v) is 3.55. The van der Waals surface area contributed by atoms with Crippen LogP contribution in [0.3, 0.4) is 0 Å². The molecular formula is C14H15BrFNS. The molecule has 0 amide bonds. The normalized spacial score (nSPS) is 12.7. The highest BCUT2D eigenvalue weighted by Gasteiger charge is 2.15. The van der Waals surface area contributed by atoms with Crippen LogP contribution in [0, 0.1) is 12.7 Å². The van der Waals surface area contributed by atoms with Crippen LogP contribution in [0.2, 0.25) is 0 Å². The van der Waals surface area contributed by atoms with Gasteiger partial charge in [0.2, 0.25) is 0 Å². The third-order valence-electron chi connectivity index (χ3n) is 2.95. The van der Waals surface area contributed by atoms with Crippen molar-refractivity contribution >= 4 is 27.3 Å². The second-order valence-electron chi connectivity index (χ2n) is 4.19. The number of hydrogen-bond donors (Lipinski definition) is 1. The summed E-state index contributed by atoms with van der Waals surface area (Å²) in [4.78, 5) is 2.48. The van der Waals surface area contributed by atoms with Gasteiger partial charge in [-0.25, -0.2) is 4.39 Å². The molecule has 0 aliphatic heterocycles. The minimum atomic E-state index is -0.134. The van der Waals surface area contributed by atoms with Gasteiger partial charge in [-0.1, -0.05) is 18.2 Å². The van der Waals surface area contributed by atoms with Crippen molar-refractivity contribution in [2.24, 2.45) is 0 Å². The fourth-order valence-electron chi connectivity index (χ4n) is 1.88. The number of rotatable bonds is 4. The molecule has 0 aliphatic carbocycles. The molecule has 4 heteroatoms. The largest absolute Gasteiger partial charge is 0.312 e. The molecule has 96 valence electrons. The van der Waals surface area contributed by atoms with E-state index in [2.05, 4.69) is 34.2 Å². The lowest BCUT2D eigenvalue weighted by molar-refractivity contribution is 0.560. The Bertz CT molecular complexity index is 519. The van der Waals surface area contributed by atoms with Gasteiger partial charge in [-0.05, 0) is 54.0 Å². The Morgan fingerprint density at radius 3 is 2.67 bits per heavy atom. The first kappa shape index (κ1) is 13.7. The second kappa shape index (κ2) is 5.95. The molecular weight excluding hydrogens is 313 g/mol. The summed E-state index contributed by atoms with van der Waals surface area (Å²) >= 11 is 5.26. The van der Waals surface area contributed by atoms with Gasteiger partial charge in [0.1, 0.15) is 5.82 Å². The fraction of sp³-hybridized carbons (Fsp3) is 0.286. The summed E-state index contributed by atoms with van der Waals surface area (Å²) in [5, 5.41) is 3.26. The average Bonchev–Trinajstić information content (AvgIpc) is 2.68. The molecule has 0 fully saturated rings. The number of halogens is 2. The Balaban J connectivity index is 2.22. The van der Waals surface area contributed by atoms with Gasteiger partial charge in [0, 0.05) is 20.3 Å². The van der Waals surface area contributed by atoms with E-state index in [1.807, 2.05) is 19.2 Å². The summed E-state index contributed by atoms with van der Waals surface area (Å²) < 4.78 is 14.8. The highest BCUT2D eigenvalue weighted by atomic mass is 79.9. The molecule has 0 saturated carbocycles. The van der Waals surface area contributed by atoms with Crippen molar-refractivity contribution in [2.45, 2.75) is 19.4 Å².